The third-order valence-corrected chi connectivity index (χ3v) is 3.53. The first kappa shape index (κ1) is 12.2. The van der Waals surface area contributed by atoms with E-state index in [9.17, 15) is 0 Å². The van der Waals surface area contributed by atoms with Gasteiger partial charge in [0.2, 0.25) is 0 Å². The second-order valence-electron chi connectivity index (χ2n) is 4.61. The van der Waals surface area contributed by atoms with Crippen molar-refractivity contribution in [1.82, 2.24) is 19.3 Å². The molecule has 0 spiro atoms. The normalized spacial score (nSPS) is 11.5. The molecule has 0 unspecified atom stereocenters. The lowest BCUT2D eigenvalue weighted by molar-refractivity contribution is 0.493. The largest absolute Gasteiger partial charge is 0.467 e. The monoisotopic (exact) mass is 276 g/mol. The second kappa shape index (κ2) is 4.70. The molecule has 19 heavy (non-hydrogen) atoms. The zero-order valence-electron chi connectivity index (χ0n) is 11.0. The van der Waals surface area contributed by atoms with E-state index >= 15 is 0 Å². The van der Waals surface area contributed by atoms with Crippen molar-refractivity contribution >= 4 is 23.4 Å². The Bertz CT molecular complexity index is 748. The summed E-state index contributed by atoms with van der Waals surface area (Å²) >= 11 is 5.41. The van der Waals surface area contributed by atoms with Crippen molar-refractivity contribution in [1.29, 1.82) is 0 Å². The van der Waals surface area contributed by atoms with Gasteiger partial charge in [-0.1, -0.05) is 13.3 Å². The molecule has 0 atom stereocenters. The van der Waals surface area contributed by atoms with E-state index in [2.05, 4.69) is 17.0 Å². The highest BCUT2D eigenvalue weighted by atomic mass is 32.1. The van der Waals surface area contributed by atoms with Gasteiger partial charge >= 0.3 is 0 Å². The van der Waals surface area contributed by atoms with E-state index in [0.717, 1.165) is 35.5 Å². The van der Waals surface area contributed by atoms with E-state index in [4.69, 9.17) is 16.6 Å². The summed E-state index contributed by atoms with van der Waals surface area (Å²) in [7, 11) is 1.95. The van der Waals surface area contributed by atoms with Crippen molar-refractivity contribution in [2.24, 2.45) is 7.05 Å². The van der Waals surface area contributed by atoms with Crippen LogP contribution in [0.15, 0.2) is 22.8 Å². The first-order valence-electron chi connectivity index (χ1n) is 6.37. The van der Waals surface area contributed by atoms with E-state index in [-0.39, 0.29) is 0 Å². The number of hydrogen-bond donors (Lipinski definition) is 1. The van der Waals surface area contributed by atoms with E-state index in [1.807, 2.05) is 28.4 Å². The summed E-state index contributed by atoms with van der Waals surface area (Å²) in [5, 5.41) is 4.56. The first-order chi connectivity index (χ1) is 9.20. The average Bonchev–Trinajstić information content (AvgIpc) is 3.04. The summed E-state index contributed by atoms with van der Waals surface area (Å²) in [6.07, 6.45) is 3.69. The van der Waals surface area contributed by atoms with Gasteiger partial charge in [-0.15, -0.1) is 0 Å². The Balaban J connectivity index is 2.14. The molecule has 0 amide bonds. The lowest BCUT2D eigenvalue weighted by atomic mass is 10.2. The zero-order chi connectivity index (χ0) is 13.4. The Morgan fingerprint density at radius 2 is 2.32 bits per heavy atom. The highest BCUT2D eigenvalue weighted by Crippen LogP contribution is 2.20. The number of nitrogens with zero attached hydrogens (tertiary/aromatic N) is 3. The molecule has 0 aliphatic carbocycles. The topological polar surface area (TPSA) is 51.7 Å². The molecule has 3 aromatic rings. The molecule has 0 aliphatic rings. The molecule has 3 heterocycles. The van der Waals surface area contributed by atoms with Crippen molar-refractivity contribution in [3.05, 3.63) is 34.6 Å². The zero-order valence-corrected chi connectivity index (χ0v) is 11.8. The Hall–Kier alpha value is -1.82. The van der Waals surface area contributed by atoms with E-state index < -0.39 is 0 Å². The molecule has 6 heteroatoms. The third-order valence-electron chi connectivity index (χ3n) is 3.20. The Kier molecular flexibility index (Phi) is 3.02. The molecule has 0 aliphatic heterocycles. The molecule has 1 N–H and O–H groups in total. The van der Waals surface area contributed by atoms with Crippen molar-refractivity contribution in [3.8, 4) is 0 Å². The minimum Gasteiger partial charge on any atom is -0.467 e. The number of aromatic nitrogens is 4. The third kappa shape index (κ3) is 2.02. The van der Waals surface area contributed by atoms with Gasteiger partial charge in [0.1, 0.15) is 11.3 Å². The molecule has 100 valence electrons. The van der Waals surface area contributed by atoms with Gasteiger partial charge in [-0.05, 0) is 30.8 Å². The standard InChI is InChI=1S/C13H16N4OS/c1-3-5-10-11-12(16(2)15-10)17(13(19)14-11)8-9-6-4-7-18-9/h4,6-7H,3,5,8H2,1-2H3,(H,14,19). The van der Waals surface area contributed by atoms with Crippen molar-refractivity contribution in [2.75, 3.05) is 0 Å². The summed E-state index contributed by atoms with van der Waals surface area (Å²) in [4.78, 5) is 3.27. The minimum absolute atomic E-state index is 0.622. The summed E-state index contributed by atoms with van der Waals surface area (Å²) in [5.41, 5.74) is 3.13. The fourth-order valence-corrected chi connectivity index (χ4v) is 2.65. The van der Waals surface area contributed by atoms with E-state index in [0.29, 0.717) is 11.3 Å². The van der Waals surface area contributed by atoms with Gasteiger partial charge in [0, 0.05) is 7.05 Å². The van der Waals surface area contributed by atoms with Crippen LogP contribution in [-0.4, -0.2) is 19.3 Å². The van der Waals surface area contributed by atoms with Crippen LogP contribution in [0.2, 0.25) is 0 Å². The smallest absolute Gasteiger partial charge is 0.179 e. The number of imidazole rings is 1. The predicted molar refractivity (Wildman–Crippen MR) is 75.7 cm³/mol. The maximum Gasteiger partial charge on any atom is 0.179 e. The quantitative estimate of drug-likeness (QED) is 0.745. The van der Waals surface area contributed by atoms with E-state index in [1.165, 1.54) is 0 Å². The number of fused-ring (bicyclic) bond motifs is 1. The van der Waals surface area contributed by atoms with Gasteiger partial charge in [0.05, 0.1) is 18.5 Å². The average molecular weight is 276 g/mol. The van der Waals surface area contributed by atoms with Gasteiger partial charge in [-0.2, -0.15) is 5.10 Å². The van der Waals surface area contributed by atoms with Gasteiger partial charge < -0.3 is 9.40 Å². The van der Waals surface area contributed by atoms with Crippen LogP contribution >= 0.6 is 12.2 Å². The Morgan fingerprint density at radius 1 is 1.47 bits per heavy atom. The number of nitrogens with one attached hydrogen (secondary N) is 1. The lowest BCUT2D eigenvalue weighted by Crippen LogP contribution is -2.03. The lowest BCUT2D eigenvalue weighted by Gasteiger charge is -2.01. The van der Waals surface area contributed by atoms with Gasteiger partial charge in [-0.3, -0.25) is 9.25 Å². The molecule has 0 bridgehead atoms. The Labute approximate surface area is 115 Å². The predicted octanol–water partition coefficient (Wildman–Crippen LogP) is 3.03. The number of aryl methyl sites for hydroxylation is 2. The van der Waals surface area contributed by atoms with Crippen LogP contribution < -0.4 is 0 Å². The molecular formula is C13H16N4OS. The fourth-order valence-electron chi connectivity index (χ4n) is 2.39. The molecule has 0 saturated heterocycles. The second-order valence-corrected chi connectivity index (χ2v) is 5.00. The minimum atomic E-state index is 0.622. The maximum absolute atomic E-state index is 5.41. The maximum atomic E-state index is 5.41. The highest BCUT2D eigenvalue weighted by Gasteiger charge is 2.15. The summed E-state index contributed by atoms with van der Waals surface area (Å²) in [6, 6.07) is 3.83. The van der Waals surface area contributed by atoms with Crippen LogP contribution in [0.1, 0.15) is 24.8 Å². The fraction of sp³-hybridized carbons (Fsp3) is 0.385. The summed E-state index contributed by atoms with van der Waals surface area (Å²) < 4.78 is 10.0. The molecular weight excluding hydrogens is 260 g/mol. The Morgan fingerprint density at radius 3 is 3.00 bits per heavy atom. The summed E-state index contributed by atoms with van der Waals surface area (Å²) in [6.45, 7) is 2.77. The molecule has 0 radical (unpaired) electrons. The molecule has 3 aromatic heterocycles. The first-order valence-corrected chi connectivity index (χ1v) is 6.78. The number of rotatable bonds is 4. The molecule has 5 nitrogen and oxygen atoms in total. The van der Waals surface area contributed by atoms with Crippen LogP contribution in [0, 0.1) is 4.77 Å². The van der Waals surface area contributed by atoms with Gasteiger partial charge in [0.25, 0.3) is 0 Å². The molecule has 0 saturated carbocycles. The molecule has 3 rings (SSSR count). The van der Waals surface area contributed by atoms with E-state index in [1.54, 1.807) is 6.26 Å². The molecule has 0 fully saturated rings. The van der Waals surface area contributed by atoms with Crippen molar-refractivity contribution in [3.63, 3.8) is 0 Å². The van der Waals surface area contributed by atoms with Crippen LogP contribution in [-0.2, 0) is 20.0 Å². The summed E-state index contributed by atoms with van der Waals surface area (Å²) in [5.74, 6) is 0.884. The van der Waals surface area contributed by atoms with Crippen LogP contribution in [0.4, 0.5) is 0 Å². The SMILES string of the molecule is CCCc1nn(C)c2c1[nH]c(=S)n2Cc1ccco1. The number of hydrogen-bond acceptors (Lipinski definition) is 3. The van der Waals surface area contributed by atoms with Crippen molar-refractivity contribution in [2.45, 2.75) is 26.3 Å². The van der Waals surface area contributed by atoms with Crippen molar-refractivity contribution < 1.29 is 4.42 Å². The molecule has 0 aromatic carbocycles. The van der Waals surface area contributed by atoms with Crippen LogP contribution in [0.5, 0.6) is 0 Å². The number of aromatic amines is 1. The van der Waals surface area contributed by atoms with Gasteiger partial charge in [0.15, 0.2) is 10.4 Å². The number of furan rings is 1. The van der Waals surface area contributed by atoms with Crippen LogP contribution in [0.3, 0.4) is 0 Å². The van der Waals surface area contributed by atoms with Gasteiger partial charge in [-0.25, -0.2) is 0 Å². The van der Waals surface area contributed by atoms with Crippen LogP contribution in [0.25, 0.3) is 11.2 Å². The highest BCUT2D eigenvalue weighted by molar-refractivity contribution is 7.71. The number of H-pyrrole nitrogens is 1.